The van der Waals surface area contributed by atoms with Gasteiger partial charge in [0.15, 0.2) is 0 Å². The molecule has 87 heavy (non-hydrogen) atoms. The van der Waals surface area contributed by atoms with Crippen LogP contribution in [0.4, 0.5) is 0 Å². The van der Waals surface area contributed by atoms with Gasteiger partial charge in [-0.25, -0.2) is 19.9 Å². The Morgan fingerprint density at radius 2 is 0.713 bits per heavy atom. The summed E-state index contributed by atoms with van der Waals surface area (Å²) in [7, 11) is 7.89. The van der Waals surface area contributed by atoms with Gasteiger partial charge < -0.3 is 50.6 Å². The Labute approximate surface area is 501 Å². The van der Waals surface area contributed by atoms with E-state index in [1.807, 2.05) is 152 Å². The fourth-order valence-electron chi connectivity index (χ4n) is 11.2. The lowest BCUT2D eigenvalue weighted by atomic mass is 10.0. The van der Waals surface area contributed by atoms with Gasteiger partial charge in [-0.3, -0.25) is 19.2 Å². The van der Waals surface area contributed by atoms with Gasteiger partial charge in [-0.1, -0.05) is 72.8 Å². The quantitative estimate of drug-likeness (QED) is 0.0430. The number of likely N-dealkylation sites (N-methyl/N-ethyl adjacent to an activating group) is 2. The molecule has 7 N–H and O–H groups in total. The second kappa shape index (κ2) is 23.8. The first-order chi connectivity index (χ1) is 42.3. The molecular weight excluding hydrogens is 1090 g/mol. The highest BCUT2D eigenvalue weighted by atomic mass is 16.2. The summed E-state index contributed by atoms with van der Waals surface area (Å²) in [4.78, 5) is 92.0. The zero-order chi connectivity index (χ0) is 59.7. The standard InChI is InChI=1S/C69H64N14O4/c1-81(2)34-31-70-66(84)45-15-7-41(8-16-45)62-73-54-27-23-49(36-58(54)77-62)50-25-29-56-60(38-50)79-64(75-56)43-11-19-47(20-12-43)68(86)72-40-53-6-5-33-83(53)69(87)48-21-13-44(14-22-48)65-76-57-30-26-52(39-61(57)80-65)51-24-28-55-59(37-51)78-63(74-55)42-9-17-46(18-10-42)67(85)71-32-35-82(3)4/h7-30,36-39,53H,5-6,31-35,40H2,1-4H3,(H,70,84)(H,71,85)(H,72,86)(H,73,77)(H,74,78)(H,75,79)(H,76,80)/t53-/m1/s1. The molecule has 4 aromatic heterocycles. The summed E-state index contributed by atoms with van der Waals surface area (Å²) in [5, 5.41) is 9.00. The Hall–Kier alpha value is -10.6. The van der Waals surface area contributed by atoms with Gasteiger partial charge in [0.2, 0.25) is 0 Å². The Bertz CT molecular complexity index is 4540. The van der Waals surface area contributed by atoms with E-state index in [0.29, 0.717) is 60.1 Å². The van der Waals surface area contributed by atoms with Crippen molar-refractivity contribution in [3.63, 3.8) is 0 Å². The minimum absolute atomic E-state index is 0.0730. The van der Waals surface area contributed by atoms with E-state index in [-0.39, 0.29) is 29.7 Å². The van der Waals surface area contributed by atoms with Crippen LogP contribution in [-0.4, -0.2) is 152 Å². The smallest absolute Gasteiger partial charge is 0.254 e. The summed E-state index contributed by atoms with van der Waals surface area (Å²) < 4.78 is 0. The van der Waals surface area contributed by atoms with Crippen LogP contribution in [-0.2, 0) is 0 Å². The van der Waals surface area contributed by atoms with E-state index in [1.165, 1.54) is 0 Å². The first-order valence-corrected chi connectivity index (χ1v) is 29.2. The van der Waals surface area contributed by atoms with Crippen LogP contribution in [0.2, 0.25) is 0 Å². The second-order valence-corrected chi connectivity index (χ2v) is 22.7. The molecule has 434 valence electrons. The Morgan fingerprint density at radius 1 is 0.414 bits per heavy atom. The average molecular weight is 1150 g/mol. The SMILES string of the molecule is CN(C)CCNC(=O)c1ccc(-c2nc3ccc(-c4ccc5nc(-c6ccc(C(=O)NC[C@H]7CCCN7C(=O)c7ccc(-c8nc9ccc(-c%10ccc%11nc(-c%12ccc(C(=O)NCCN(C)C)cc%12)[nH]c%11c%10)cc9[nH]8)cc7)cc6)[nH]c5c4)cc3[nH]2)cc1. The number of nitrogens with zero attached hydrogens (tertiary/aromatic N) is 7. The van der Waals surface area contributed by atoms with Crippen molar-refractivity contribution in [2.45, 2.75) is 18.9 Å². The summed E-state index contributed by atoms with van der Waals surface area (Å²) >= 11 is 0. The highest BCUT2D eigenvalue weighted by molar-refractivity contribution is 5.98. The van der Waals surface area contributed by atoms with Gasteiger partial charge in [-0.2, -0.15) is 0 Å². The average Bonchev–Trinajstić information content (AvgIpc) is 2.02. The van der Waals surface area contributed by atoms with Gasteiger partial charge >= 0.3 is 0 Å². The predicted molar refractivity (Wildman–Crippen MR) is 342 cm³/mol. The van der Waals surface area contributed by atoms with Gasteiger partial charge in [-0.15, -0.1) is 0 Å². The molecule has 12 aromatic rings. The van der Waals surface area contributed by atoms with Crippen molar-refractivity contribution in [3.05, 3.63) is 192 Å². The highest BCUT2D eigenvalue weighted by Crippen LogP contribution is 2.33. The number of rotatable bonds is 18. The summed E-state index contributed by atoms with van der Waals surface area (Å²) in [5.41, 5.74) is 16.7. The van der Waals surface area contributed by atoms with Gasteiger partial charge in [-0.05, 0) is 160 Å². The number of likely N-dealkylation sites (tertiary alicyclic amines) is 1. The van der Waals surface area contributed by atoms with Crippen LogP contribution in [0.1, 0.15) is 54.3 Å². The van der Waals surface area contributed by atoms with Crippen LogP contribution >= 0.6 is 0 Å². The van der Waals surface area contributed by atoms with Gasteiger partial charge in [0.1, 0.15) is 23.3 Å². The minimum atomic E-state index is -0.210. The minimum Gasteiger partial charge on any atom is -0.351 e. The van der Waals surface area contributed by atoms with Crippen molar-refractivity contribution >= 4 is 67.8 Å². The monoisotopic (exact) mass is 1150 g/mol. The molecule has 1 aliphatic rings. The van der Waals surface area contributed by atoms with Crippen LogP contribution in [0.5, 0.6) is 0 Å². The fourth-order valence-corrected chi connectivity index (χ4v) is 11.2. The molecule has 1 atom stereocenters. The van der Waals surface area contributed by atoms with Crippen LogP contribution in [0.15, 0.2) is 170 Å². The number of aromatic nitrogens is 8. The third-order valence-electron chi connectivity index (χ3n) is 16.1. The molecule has 18 nitrogen and oxygen atoms in total. The number of amides is 4. The number of nitrogens with one attached hydrogen (secondary N) is 7. The van der Waals surface area contributed by atoms with Crippen molar-refractivity contribution in [3.8, 4) is 67.8 Å². The maximum absolute atomic E-state index is 14.0. The lowest BCUT2D eigenvalue weighted by Gasteiger charge is -2.25. The maximum atomic E-state index is 14.0. The number of hydrogen-bond donors (Lipinski definition) is 7. The van der Waals surface area contributed by atoms with Gasteiger partial charge in [0, 0.05) is 89.8 Å². The van der Waals surface area contributed by atoms with Crippen LogP contribution in [0.3, 0.4) is 0 Å². The van der Waals surface area contributed by atoms with Gasteiger partial charge in [0.05, 0.1) is 44.1 Å². The third kappa shape index (κ3) is 12.0. The molecular formula is C69H64N14O4. The van der Waals surface area contributed by atoms with Crippen molar-refractivity contribution in [1.82, 2.24) is 70.5 Å². The van der Waals surface area contributed by atoms with E-state index < -0.39 is 0 Å². The molecule has 0 bridgehead atoms. The number of carbonyl (C=O) groups is 4. The summed E-state index contributed by atoms with van der Waals surface area (Å²) in [5.74, 6) is 2.35. The van der Waals surface area contributed by atoms with Crippen molar-refractivity contribution < 1.29 is 19.2 Å². The first kappa shape index (κ1) is 55.6. The number of H-pyrrole nitrogens is 4. The first-order valence-electron chi connectivity index (χ1n) is 29.2. The van der Waals surface area contributed by atoms with E-state index in [4.69, 9.17) is 19.9 Å². The van der Waals surface area contributed by atoms with Crippen LogP contribution in [0.25, 0.3) is 112 Å². The lowest BCUT2D eigenvalue weighted by Crippen LogP contribution is -2.43. The number of benzene rings is 8. The third-order valence-corrected chi connectivity index (χ3v) is 16.1. The van der Waals surface area contributed by atoms with Crippen LogP contribution in [0, 0.1) is 0 Å². The Kier molecular flexibility index (Phi) is 15.2. The molecule has 0 aliphatic carbocycles. The van der Waals surface area contributed by atoms with E-state index in [0.717, 1.165) is 126 Å². The Balaban J connectivity index is 0.607. The zero-order valence-corrected chi connectivity index (χ0v) is 48.7. The normalized spacial score (nSPS) is 13.4. The molecule has 0 saturated carbocycles. The molecule has 0 unspecified atom stereocenters. The predicted octanol–water partition coefficient (Wildman–Crippen LogP) is 10.8. The number of hydrogen-bond acceptors (Lipinski definition) is 10. The molecule has 1 aliphatic heterocycles. The fraction of sp³-hybridized carbons (Fsp3) is 0.188. The molecule has 1 fully saturated rings. The highest BCUT2D eigenvalue weighted by Gasteiger charge is 2.30. The number of imidazole rings is 4. The zero-order valence-electron chi connectivity index (χ0n) is 48.7. The van der Waals surface area contributed by atoms with Crippen molar-refractivity contribution in [2.75, 3.05) is 67.5 Å². The van der Waals surface area contributed by atoms with Crippen molar-refractivity contribution in [1.29, 1.82) is 0 Å². The summed E-state index contributed by atoms with van der Waals surface area (Å²) in [6, 6.07) is 54.3. The van der Waals surface area contributed by atoms with E-state index in [9.17, 15) is 19.2 Å². The summed E-state index contributed by atoms with van der Waals surface area (Å²) in [6.07, 6.45) is 1.64. The maximum Gasteiger partial charge on any atom is 0.254 e. The topological polar surface area (TPSA) is 229 Å². The second-order valence-electron chi connectivity index (χ2n) is 22.7. The largest absolute Gasteiger partial charge is 0.351 e. The van der Waals surface area contributed by atoms with Crippen molar-refractivity contribution in [2.24, 2.45) is 0 Å². The number of aromatic amines is 4. The summed E-state index contributed by atoms with van der Waals surface area (Å²) in [6.45, 7) is 3.64. The lowest BCUT2D eigenvalue weighted by molar-refractivity contribution is 0.0725. The van der Waals surface area contributed by atoms with E-state index >= 15 is 0 Å². The molecule has 8 aromatic carbocycles. The Morgan fingerprint density at radius 3 is 1.03 bits per heavy atom. The molecule has 5 heterocycles. The van der Waals surface area contributed by atoms with E-state index in [1.54, 1.807) is 12.1 Å². The molecule has 18 heteroatoms. The number of carbonyl (C=O) groups excluding carboxylic acids is 4. The molecule has 4 amide bonds. The van der Waals surface area contributed by atoms with Crippen LogP contribution < -0.4 is 16.0 Å². The van der Waals surface area contributed by atoms with Gasteiger partial charge in [0.25, 0.3) is 23.6 Å². The molecule has 0 radical (unpaired) electrons. The molecule has 0 spiro atoms. The number of fused-ring (bicyclic) bond motifs is 4. The van der Waals surface area contributed by atoms with E-state index in [2.05, 4.69) is 84.4 Å². The molecule has 1 saturated heterocycles. The molecule has 13 rings (SSSR count).